The fraction of sp³-hybridized carbons (Fsp3) is 0.154. The number of rotatable bonds is 3. The molecule has 1 heterocycles. The molecular formula is C13H13NO3S2. The lowest BCUT2D eigenvalue weighted by Crippen LogP contribution is -2.14. The fourth-order valence-corrected chi connectivity index (χ4v) is 3.34. The van der Waals surface area contributed by atoms with Crippen LogP contribution in [-0.4, -0.2) is 20.6 Å². The van der Waals surface area contributed by atoms with E-state index in [2.05, 4.69) is 5.32 Å². The van der Waals surface area contributed by atoms with E-state index in [0.29, 0.717) is 10.6 Å². The Morgan fingerprint density at radius 2 is 1.89 bits per heavy atom. The first kappa shape index (κ1) is 13.8. The number of hydrogen-bond donors (Lipinski definition) is 1. The standard InChI is InChI=1S/C13H13NO3S2/c1-9-7-8-18-12(9)13(15)14-10-5-3-4-6-11(10)19(2,16)17/h3-8H,1-2H3,(H,14,15). The van der Waals surface area contributed by atoms with Crippen LogP contribution < -0.4 is 5.32 Å². The lowest BCUT2D eigenvalue weighted by Gasteiger charge is -2.09. The maximum absolute atomic E-state index is 12.1. The van der Waals surface area contributed by atoms with E-state index in [9.17, 15) is 13.2 Å². The first-order valence-electron chi connectivity index (χ1n) is 5.54. The average Bonchev–Trinajstić information content (AvgIpc) is 2.75. The number of anilines is 1. The van der Waals surface area contributed by atoms with Crippen molar-refractivity contribution in [1.29, 1.82) is 0 Å². The summed E-state index contributed by atoms with van der Waals surface area (Å²) in [4.78, 5) is 12.8. The Hall–Kier alpha value is -1.66. The van der Waals surface area contributed by atoms with Gasteiger partial charge in [0.2, 0.25) is 0 Å². The van der Waals surface area contributed by atoms with E-state index in [1.54, 1.807) is 18.2 Å². The number of nitrogens with one attached hydrogen (secondary N) is 1. The molecule has 100 valence electrons. The summed E-state index contributed by atoms with van der Waals surface area (Å²) in [5.41, 5.74) is 1.18. The van der Waals surface area contributed by atoms with Gasteiger partial charge in [0.15, 0.2) is 9.84 Å². The smallest absolute Gasteiger partial charge is 0.266 e. The van der Waals surface area contributed by atoms with Crippen molar-refractivity contribution in [2.45, 2.75) is 11.8 Å². The van der Waals surface area contributed by atoms with Crippen LogP contribution in [0.5, 0.6) is 0 Å². The number of sulfone groups is 1. The van der Waals surface area contributed by atoms with Crippen LogP contribution in [0.4, 0.5) is 5.69 Å². The zero-order valence-electron chi connectivity index (χ0n) is 10.5. The van der Waals surface area contributed by atoms with Crippen molar-refractivity contribution >= 4 is 32.8 Å². The SMILES string of the molecule is Cc1ccsc1C(=O)Nc1ccccc1S(C)(=O)=O. The second-order valence-electron chi connectivity index (χ2n) is 4.16. The highest BCUT2D eigenvalue weighted by molar-refractivity contribution is 7.90. The topological polar surface area (TPSA) is 63.2 Å². The largest absolute Gasteiger partial charge is 0.320 e. The Morgan fingerprint density at radius 1 is 1.21 bits per heavy atom. The van der Waals surface area contributed by atoms with Crippen molar-refractivity contribution in [2.24, 2.45) is 0 Å². The van der Waals surface area contributed by atoms with E-state index in [-0.39, 0.29) is 10.8 Å². The van der Waals surface area contributed by atoms with Crippen LogP contribution in [0.15, 0.2) is 40.6 Å². The van der Waals surface area contributed by atoms with E-state index >= 15 is 0 Å². The zero-order valence-corrected chi connectivity index (χ0v) is 12.1. The second-order valence-corrected chi connectivity index (χ2v) is 7.06. The van der Waals surface area contributed by atoms with Crippen LogP contribution in [0.2, 0.25) is 0 Å². The molecule has 0 unspecified atom stereocenters. The minimum absolute atomic E-state index is 0.123. The van der Waals surface area contributed by atoms with Gasteiger partial charge >= 0.3 is 0 Å². The van der Waals surface area contributed by atoms with Crippen molar-refractivity contribution in [3.05, 3.63) is 46.2 Å². The summed E-state index contributed by atoms with van der Waals surface area (Å²) in [5, 5.41) is 4.48. The van der Waals surface area contributed by atoms with Gasteiger partial charge in [-0.2, -0.15) is 0 Å². The van der Waals surface area contributed by atoms with Crippen molar-refractivity contribution < 1.29 is 13.2 Å². The normalized spacial score (nSPS) is 11.3. The van der Waals surface area contributed by atoms with E-state index < -0.39 is 9.84 Å². The molecule has 2 rings (SSSR count). The summed E-state index contributed by atoms with van der Waals surface area (Å²) in [6, 6.07) is 8.22. The summed E-state index contributed by atoms with van der Waals surface area (Å²) in [6.07, 6.45) is 1.12. The highest BCUT2D eigenvalue weighted by Crippen LogP contribution is 2.23. The number of hydrogen-bond acceptors (Lipinski definition) is 4. The van der Waals surface area contributed by atoms with Gasteiger partial charge in [-0.05, 0) is 36.1 Å². The summed E-state index contributed by atoms with van der Waals surface area (Å²) >= 11 is 1.33. The van der Waals surface area contributed by atoms with Gasteiger partial charge in [0.1, 0.15) is 0 Å². The van der Waals surface area contributed by atoms with Gasteiger partial charge in [-0.3, -0.25) is 4.79 Å². The molecule has 0 aliphatic heterocycles. The predicted molar refractivity (Wildman–Crippen MR) is 76.6 cm³/mol. The molecule has 6 heteroatoms. The summed E-state index contributed by atoms with van der Waals surface area (Å²) in [6.45, 7) is 1.84. The third-order valence-corrected chi connectivity index (χ3v) is 4.77. The molecule has 19 heavy (non-hydrogen) atoms. The number of carbonyl (C=O) groups is 1. The Morgan fingerprint density at radius 3 is 2.47 bits per heavy atom. The summed E-state index contributed by atoms with van der Waals surface area (Å²) in [5.74, 6) is -0.288. The molecule has 4 nitrogen and oxygen atoms in total. The molecule has 0 aliphatic rings. The molecule has 1 amide bonds. The number of benzene rings is 1. The fourth-order valence-electron chi connectivity index (χ4n) is 1.68. The number of thiophene rings is 1. The van der Waals surface area contributed by atoms with Crippen LogP contribution in [0.1, 0.15) is 15.2 Å². The lowest BCUT2D eigenvalue weighted by atomic mass is 10.2. The maximum Gasteiger partial charge on any atom is 0.266 e. The van der Waals surface area contributed by atoms with E-state index in [1.165, 1.54) is 17.4 Å². The van der Waals surface area contributed by atoms with E-state index in [1.807, 2.05) is 18.4 Å². The van der Waals surface area contributed by atoms with Gasteiger partial charge in [0, 0.05) is 6.26 Å². The summed E-state index contributed by atoms with van der Waals surface area (Å²) < 4.78 is 23.3. The van der Waals surface area contributed by atoms with Crippen LogP contribution in [-0.2, 0) is 9.84 Å². The predicted octanol–water partition coefficient (Wildman–Crippen LogP) is 2.71. The molecular weight excluding hydrogens is 282 g/mol. The third-order valence-electron chi connectivity index (χ3n) is 2.60. The molecule has 0 atom stereocenters. The van der Waals surface area contributed by atoms with E-state index in [0.717, 1.165) is 11.8 Å². The summed E-state index contributed by atoms with van der Waals surface area (Å²) in [7, 11) is -3.37. The maximum atomic E-state index is 12.1. The zero-order chi connectivity index (χ0) is 14.0. The molecule has 0 saturated heterocycles. The number of aryl methyl sites for hydroxylation is 1. The second kappa shape index (κ2) is 5.14. The highest BCUT2D eigenvalue weighted by Gasteiger charge is 2.16. The van der Waals surface area contributed by atoms with Crippen molar-refractivity contribution in [3.8, 4) is 0 Å². The minimum Gasteiger partial charge on any atom is -0.320 e. The van der Waals surface area contributed by atoms with Crippen LogP contribution >= 0.6 is 11.3 Å². The van der Waals surface area contributed by atoms with Crippen LogP contribution in [0.25, 0.3) is 0 Å². The average molecular weight is 295 g/mol. The van der Waals surface area contributed by atoms with Crippen molar-refractivity contribution in [3.63, 3.8) is 0 Å². The van der Waals surface area contributed by atoms with Gasteiger partial charge in [-0.25, -0.2) is 8.42 Å². The Labute approximate surface area is 116 Å². The molecule has 0 aliphatic carbocycles. The third kappa shape index (κ3) is 3.02. The van der Waals surface area contributed by atoms with Gasteiger partial charge in [-0.1, -0.05) is 12.1 Å². The molecule has 1 aromatic heterocycles. The first-order valence-corrected chi connectivity index (χ1v) is 8.31. The highest BCUT2D eigenvalue weighted by atomic mass is 32.2. The van der Waals surface area contributed by atoms with Gasteiger partial charge in [0.25, 0.3) is 5.91 Å². The van der Waals surface area contributed by atoms with Gasteiger partial charge < -0.3 is 5.32 Å². The Bertz CT molecular complexity index is 717. The molecule has 0 bridgehead atoms. The van der Waals surface area contributed by atoms with Crippen molar-refractivity contribution in [1.82, 2.24) is 0 Å². The van der Waals surface area contributed by atoms with Crippen molar-refractivity contribution in [2.75, 3.05) is 11.6 Å². The molecule has 0 fully saturated rings. The Balaban J connectivity index is 2.35. The lowest BCUT2D eigenvalue weighted by molar-refractivity contribution is 0.103. The molecule has 2 aromatic rings. The molecule has 0 spiro atoms. The minimum atomic E-state index is -3.37. The Kier molecular flexibility index (Phi) is 3.73. The molecule has 0 saturated carbocycles. The van der Waals surface area contributed by atoms with Gasteiger partial charge in [0.05, 0.1) is 15.5 Å². The number of amides is 1. The quantitative estimate of drug-likeness (QED) is 0.947. The van der Waals surface area contributed by atoms with E-state index in [4.69, 9.17) is 0 Å². The first-order chi connectivity index (χ1) is 8.89. The van der Waals surface area contributed by atoms with Crippen LogP contribution in [0.3, 0.4) is 0 Å². The monoisotopic (exact) mass is 295 g/mol. The number of para-hydroxylation sites is 1. The molecule has 1 aromatic carbocycles. The van der Waals surface area contributed by atoms with Gasteiger partial charge in [-0.15, -0.1) is 11.3 Å². The number of carbonyl (C=O) groups excluding carboxylic acids is 1. The molecule has 1 N–H and O–H groups in total. The van der Waals surface area contributed by atoms with Crippen LogP contribution in [0, 0.1) is 6.92 Å². The molecule has 0 radical (unpaired) electrons.